The predicted molar refractivity (Wildman–Crippen MR) is 67.0 cm³/mol. The van der Waals surface area contributed by atoms with E-state index in [4.69, 9.17) is 11.6 Å². The van der Waals surface area contributed by atoms with Crippen molar-refractivity contribution in [2.45, 2.75) is 24.3 Å². The zero-order valence-corrected chi connectivity index (χ0v) is 10.1. The Hall–Kier alpha value is -0.570. The molecule has 0 atom stereocenters. The number of hydrogen-bond donors (Lipinski definition) is 2. The van der Waals surface area contributed by atoms with Crippen molar-refractivity contribution in [3.63, 3.8) is 0 Å². The van der Waals surface area contributed by atoms with Crippen LogP contribution in [-0.2, 0) is 5.41 Å². The Labute approximate surface area is 101 Å². The van der Waals surface area contributed by atoms with E-state index in [9.17, 15) is 0 Å². The first-order chi connectivity index (χ1) is 7.78. The molecule has 2 fully saturated rings. The van der Waals surface area contributed by atoms with Crippen LogP contribution in [0.25, 0.3) is 0 Å². The van der Waals surface area contributed by atoms with Gasteiger partial charge < -0.3 is 10.6 Å². The van der Waals surface area contributed by atoms with Gasteiger partial charge in [-0.1, -0.05) is 23.7 Å². The maximum atomic E-state index is 6.05. The first kappa shape index (κ1) is 10.6. The minimum absolute atomic E-state index is 0.375. The van der Waals surface area contributed by atoms with Crippen molar-refractivity contribution >= 4 is 11.6 Å². The molecule has 1 aliphatic heterocycles. The summed E-state index contributed by atoms with van der Waals surface area (Å²) >= 11 is 6.05. The number of rotatable bonds is 4. The molecule has 2 aliphatic rings. The van der Waals surface area contributed by atoms with Crippen molar-refractivity contribution in [2.24, 2.45) is 0 Å². The molecule has 1 aliphatic carbocycles. The third-order valence-electron chi connectivity index (χ3n) is 3.80. The summed E-state index contributed by atoms with van der Waals surface area (Å²) in [5.74, 6) is 0. The summed E-state index contributed by atoms with van der Waals surface area (Å²) in [4.78, 5) is 0. The molecule has 1 aromatic rings. The van der Waals surface area contributed by atoms with Crippen LogP contribution < -0.4 is 10.6 Å². The van der Waals surface area contributed by atoms with Crippen LogP contribution in [0.5, 0.6) is 0 Å². The van der Waals surface area contributed by atoms with Crippen LogP contribution in [0.1, 0.15) is 18.4 Å². The van der Waals surface area contributed by atoms with E-state index in [0.717, 1.165) is 24.7 Å². The summed E-state index contributed by atoms with van der Waals surface area (Å²) in [7, 11) is 0. The first-order valence-electron chi connectivity index (χ1n) is 5.99. The molecule has 0 amide bonds. The van der Waals surface area contributed by atoms with Gasteiger partial charge in [-0.05, 0) is 30.5 Å². The van der Waals surface area contributed by atoms with Crippen LogP contribution in [-0.4, -0.2) is 25.7 Å². The lowest BCUT2D eigenvalue weighted by Gasteiger charge is -2.30. The van der Waals surface area contributed by atoms with Crippen molar-refractivity contribution in [1.82, 2.24) is 10.6 Å². The maximum Gasteiger partial charge on any atom is 0.0408 e. The van der Waals surface area contributed by atoms with Gasteiger partial charge in [0.05, 0.1) is 0 Å². The van der Waals surface area contributed by atoms with Crippen molar-refractivity contribution < 1.29 is 0 Å². The van der Waals surface area contributed by atoms with E-state index in [-0.39, 0.29) is 0 Å². The van der Waals surface area contributed by atoms with Crippen LogP contribution in [0.3, 0.4) is 0 Å². The molecular formula is C13H17ClN2. The van der Waals surface area contributed by atoms with E-state index < -0.39 is 0 Å². The van der Waals surface area contributed by atoms with Crippen molar-refractivity contribution in [1.29, 1.82) is 0 Å². The summed E-state index contributed by atoms with van der Waals surface area (Å²) in [6.45, 7) is 3.33. The number of hydrogen-bond acceptors (Lipinski definition) is 2. The van der Waals surface area contributed by atoms with E-state index in [1.807, 2.05) is 6.07 Å². The molecule has 3 heteroatoms. The molecule has 3 rings (SSSR count). The molecule has 16 heavy (non-hydrogen) atoms. The van der Waals surface area contributed by atoms with Crippen molar-refractivity contribution in [3.8, 4) is 0 Å². The molecule has 1 saturated heterocycles. The Morgan fingerprint density at radius 1 is 1.38 bits per heavy atom. The van der Waals surface area contributed by atoms with Gasteiger partial charge in [-0.2, -0.15) is 0 Å². The topological polar surface area (TPSA) is 24.1 Å². The van der Waals surface area contributed by atoms with Gasteiger partial charge in [0.25, 0.3) is 0 Å². The Morgan fingerprint density at radius 2 is 2.19 bits per heavy atom. The third-order valence-corrected chi connectivity index (χ3v) is 4.04. The normalized spacial score (nSPS) is 22.8. The average Bonchev–Trinajstić information content (AvgIpc) is 2.97. The van der Waals surface area contributed by atoms with Gasteiger partial charge in [0.2, 0.25) is 0 Å². The smallest absolute Gasteiger partial charge is 0.0408 e. The highest BCUT2D eigenvalue weighted by Gasteiger charge is 2.44. The quantitative estimate of drug-likeness (QED) is 0.835. The van der Waals surface area contributed by atoms with E-state index in [2.05, 4.69) is 28.8 Å². The van der Waals surface area contributed by atoms with E-state index in [1.165, 1.54) is 18.4 Å². The molecule has 86 valence electrons. The van der Waals surface area contributed by atoms with E-state index in [1.54, 1.807) is 0 Å². The summed E-state index contributed by atoms with van der Waals surface area (Å²) < 4.78 is 0. The van der Waals surface area contributed by atoms with Crippen LogP contribution in [0, 0.1) is 0 Å². The minimum Gasteiger partial charge on any atom is -0.314 e. The lowest BCUT2D eigenvalue weighted by molar-refractivity contribution is 0.354. The lowest BCUT2D eigenvalue weighted by Crippen LogP contribution is -2.56. The molecule has 2 nitrogen and oxygen atoms in total. The SMILES string of the molecule is Clc1cccc(C2(CNC3CNC3)CC2)c1. The monoisotopic (exact) mass is 236 g/mol. The Balaban J connectivity index is 1.67. The Morgan fingerprint density at radius 3 is 2.75 bits per heavy atom. The number of benzene rings is 1. The third kappa shape index (κ3) is 1.97. The predicted octanol–water partition coefficient (Wildman–Crippen LogP) is 1.93. The molecule has 0 aromatic heterocycles. The van der Waals surface area contributed by atoms with Crippen LogP contribution in [0.4, 0.5) is 0 Å². The molecule has 0 unspecified atom stereocenters. The molecule has 1 aromatic carbocycles. The van der Waals surface area contributed by atoms with Crippen LogP contribution >= 0.6 is 11.6 Å². The van der Waals surface area contributed by atoms with E-state index >= 15 is 0 Å². The highest BCUT2D eigenvalue weighted by atomic mass is 35.5. The van der Waals surface area contributed by atoms with Crippen molar-refractivity contribution in [2.75, 3.05) is 19.6 Å². The van der Waals surface area contributed by atoms with Gasteiger partial charge in [-0.15, -0.1) is 0 Å². The Kier molecular flexibility index (Phi) is 2.66. The minimum atomic E-state index is 0.375. The summed E-state index contributed by atoms with van der Waals surface area (Å²) in [5, 5.41) is 7.77. The van der Waals surface area contributed by atoms with Crippen LogP contribution in [0.15, 0.2) is 24.3 Å². The van der Waals surface area contributed by atoms with Gasteiger partial charge in [0.1, 0.15) is 0 Å². The fourth-order valence-corrected chi connectivity index (χ4v) is 2.50. The highest BCUT2D eigenvalue weighted by Crippen LogP contribution is 2.48. The van der Waals surface area contributed by atoms with Gasteiger partial charge in [-0.25, -0.2) is 0 Å². The Bertz CT molecular complexity index is 383. The van der Waals surface area contributed by atoms with E-state index in [0.29, 0.717) is 11.5 Å². The van der Waals surface area contributed by atoms with Crippen LogP contribution in [0.2, 0.25) is 5.02 Å². The molecule has 1 saturated carbocycles. The molecule has 0 spiro atoms. The average molecular weight is 237 g/mol. The fourth-order valence-electron chi connectivity index (χ4n) is 2.31. The van der Waals surface area contributed by atoms with Gasteiger partial charge >= 0.3 is 0 Å². The highest BCUT2D eigenvalue weighted by molar-refractivity contribution is 6.30. The van der Waals surface area contributed by atoms with Gasteiger partial charge in [0.15, 0.2) is 0 Å². The standard InChI is InChI=1S/C13H17ClN2/c14-11-3-1-2-10(6-11)13(4-5-13)9-16-12-7-15-8-12/h1-3,6,12,15-16H,4-5,7-9H2. The fraction of sp³-hybridized carbons (Fsp3) is 0.538. The van der Waals surface area contributed by atoms with Crippen molar-refractivity contribution in [3.05, 3.63) is 34.9 Å². The summed E-state index contributed by atoms with van der Waals surface area (Å²) in [6.07, 6.45) is 2.58. The largest absolute Gasteiger partial charge is 0.314 e. The van der Waals surface area contributed by atoms with Gasteiger partial charge in [-0.3, -0.25) is 0 Å². The zero-order chi connectivity index (χ0) is 11.0. The molecular weight excluding hydrogens is 220 g/mol. The molecule has 2 N–H and O–H groups in total. The lowest BCUT2D eigenvalue weighted by atomic mass is 9.95. The zero-order valence-electron chi connectivity index (χ0n) is 9.30. The second-order valence-electron chi connectivity index (χ2n) is 5.03. The molecule has 0 bridgehead atoms. The maximum absolute atomic E-state index is 6.05. The summed E-state index contributed by atoms with van der Waals surface area (Å²) in [5.41, 5.74) is 1.78. The number of nitrogens with one attached hydrogen (secondary N) is 2. The molecule has 1 heterocycles. The second kappa shape index (κ2) is 4.02. The summed E-state index contributed by atoms with van der Waals surface area (Å²) in [6, 6.07) is 9.01. The number of halogens is 1. The molecule has 0 radical (unpaired) electrons. The first-order valence-corrected chi connectivity index (χ1v) is 6.36. The van der Waals surface area contributed by atoms with Gasteiger partial charge in [0, 0.05) is 36.1 Å². The second-order valence-corrected chi connectivity index (χ2v) is 5.46.